The Morgan fingerprint density at radius 1 is 1.29 bits per heavy atom. The van der Waals surface area contributed by atoms with Crippen molar-refractivity contribution in [1.82, 2.24) is 0 Å². The molecule has 110 valence electrons. The van der Waals surface area contributed by atoms with Crippen LogP contribution >= 0.6 is 15.9 Å². The van der Waals surface area contributed by atoms with Gasteiger partial charge in [0.15, 0.2) is 0 Å². The number of benzene rings is 2. The van der Waals surface area contributed by atoms with Crippen LogP contribution in [0, 0.1) is 21.7 Å². The minimum absolute atomic E-state index is 0.113. The highest BCUT2D eigenvalue weighted by atomic mass is 79.9. The molecule has 2 rings (SSSR count). The number of nitrogens with zero attached hydrogens (tertiary/aromatic N) is 1. The van der Waals surface area contributed by atoms with Crippen LogP contribution in [0.2, 0.25) is 0 Å². The van der Waals surface area contributed by atoms with E-state index in [1.54, 1.807) is 19.1 Å². The lowest BCUT2D eigenvalue weighted by Gasteiger charge is -2.16. The Morgan fingerprint density at radius 2 is 2.00 bits per heavy atom. The van der Waals surface area contributed by atoms with Crippen LogP contribution in [0.5, 0.6) is 0 Å². The summed E-state index contributed by atoms with van der Waals surface area (Å²) in [5.74, 6) is -1.11. The van der Waals surface area contributed by atoms with Gasteiger partial charge in [0.1, 0.15) is 17.3 Å². The number of hydrogen-bond donors (Lipinski definition) is 1. The lowest BCUT2D eigenvalue weighted by Crippen LogP contribution is -2.09. The van der Waals surface area contributed by atoms with E-state index >= 15 is 0 Å². The second-order valence-electron chi connectivity index (χ2n) is 4.46. The Bertz CT molecular complexity index is 695. The zero-order valence-electron chi connectivity index (χ0n) is 10.9. The highest BCUT2D eigenvalue weighted by Gasteiger charge is 2.19. The highest BCUT2D eigenvalue weighted by molar-refractivity contribution is 9.10. The third-order valence-electron chi connectivity index (χ3n) is 2.96. The number of hydrogen-bond acceptors (Lipinski definition) is 3. The summed E-state index contributed by atoms with van der Waals surface area (Å²) in [5.41, 5.74) is 0.411. The van der Waals surface area contributed by atoms with Crippen molar-refractivity contribution in [3.05, 3.63) is 68.2 Å². The van der Waals surface area contributed by atoms with Gasteiger partial charge in [0, 0.05) is 6.04 Å². The maximum atomic E-state index is 13.4. The molecule has 0 aliphatic carbocycles. The van der Waals surface area contributed by atoms with Crippen LogP contribution in [0.25, 0.3) is 0 Å². The third-order valence-corrected chi connectivity index (χ3v) is 3.56. The van der Waals surface area contributed by atoms with E-state index in [9.17, 15) is 18.9 Å². The first kappa shape index (κ1) is 15.4. The molecule has 0 aromatic heterocycles. The van der Waals surface area contributed by atoms with Gasteiger partial charge in [-0.3, -0.25) is 10.1 Å². The summed E-state index contributed by atoms with van der Waals surface area (Å²) >= 11 is 2.99. The number of nitro benzene ring substituents is 1. The lowest BCUT2D eigenvalue weighted by atomic mass is 10.1. The summed E-state index contributed by atoms with van der Waals surface area (Å²) in [6.07, 6.45) is 0. The third kappa shape index (κ3) is 3.55. The van der Waals surface area contributed by atoms with E-state index in [0.717, 1.165) is 6.07 Å². The van der Waals surface area contributed by atoms with Crippen molar-refractivity contribution in [3.63, 3.8) is 0 Å². The van der Waals surface area contributed by atoms with E-state index in [0.29, 0.717) is 5.56 Å². The van der Waals surface area contributed by atoms with Crippen molar-refractivity contribution in [2.75, 3.05) is 5.32 Å². The largest absolute Gasteiger partial charge is 0.373 e. The van der Waals surface area contributed by atoms with Crippen molar-refractivity contribution in [2.24, 2.45) is 0 Å². The minimum atomic E-state index is -0.717. The van der Waals surface area contributed by atoms with Gasteiger partial charge in [-0.25, -0.2) is 8.78 Å². The second kappa shape index (κ2) is 6.17. The van der Waals surface area contributed by atoms with Crippen LogP contribution in [0.15, 0.2) is 40.9 Å². The van der Waals surface area contributed by atoms with Crippen LogP contribution in [0.3, 0.4) is 0 Å². The second-order valence-corrected chi connectivity index (χ2v) is 5.32. The maximum Gasteiger partial charge on any atom is 0.295 e. The first-order valence-electron chi connectivity index (χ1n) is 6.04. The molecule has 1 atom stereocenters. The number of halogens is 3. The van der Waals surface area contributed by atoms with Gasteiger partial charge in [0.2, 0.25) is 0 Å². The van der Waals surface area contributed by atoms with E-state index in [1.807, 2.05) is 0 Å². The van der Waals surface area contributed by atoms with E-state index in [4.69, 9.17) is 0 Å². The van der Waals surface area contributed by atoms with Crippen LogP contribution in [0.4, 0.5) is 20.2 Å². The molecule has 7 heteroatoms. The van der Waals surface area contributed by atoms with Gasteiger partial charge in [-0.1, -0.05) is 12.1 Å². The molecular formula is C14H11BrF2N2O2. The van der Waals surface area contributed by atoms with E-state index in [1.165, 1.54) is 18.2 Å². The molecule has 2 aromatic rings. The Hall–Kier alpha value is -2.02. The topological polar surface area (TPSA) is 55.2 Å². The Kier molecular flexibility index (Phi) is 4.52. The van der Waals surface area contributed by atoms with Crippen LogP contribution in [0.1, 0.15) is 18.5 Å². The van der Waals surface area contributed by atoms with Gasteiger partial charge in [-0.15, -0.1) is 0 Å². The van der Waals surface area contributed by atoms with Gasteiger partial charge >= 0.3 is 0 Å². The molecule has 1 unspecified atom stereocenters. The van der Waals surface area contributed by atoms with Gasteiger partial charge < -0.3 is 5.32 Å². The molecule has 21 heavy (non-hydrogen) atoms. The summed E-state index contributed by atoms with van der Waals surface area (Å²) in [7, 11) is 0. The fraction of sp³-hybridized carbons (Fsp3) is 0.143. The molecule has 0 bridgehead atoms. The Balaban J connectivity index is 2.34. The van der Waals surface area contributed by atoms with Gasteiger partial charge in [0.05, 0.1) is 15.5 Å². The summed E-state index contributed by atoms with van der Waals surface area (Å²) in [6.45, 7) is 1.73. The van der Waals surface area contributed by atoms with Crippen LogP contribution < -0.4 is 5.32 Å². The lowest BCUT2D eigenvalue weighted by molar-refractivity contribution is -0.384. The smallest absolute Gasteiger partial charge is 0.295 e. The van der Waals surface area contributed by atoms with Gasteiger partial charge in [-0.05, 0) is 46.6 Å². The van der Waals surface area contributed by atoms with Crippen molar-refractivity contribution >= 4 is 27.3 Å². The highest BCUT2D eigenvalue weighted by Crippen LogP contribution is 2.33. The summed E-state index contributed by atoms with van der Waals surface area (Å²) in [6, 6.07) is 7.66. The van der Waals surface area contributed by atoms with E-state index in [-0.39, 0.29) is 21.9 Å². The fourth-order valence-corrected chi connectivity index (χ4v) is 2.24. The van der Waals surface area contributed by atoms with Crippen LogP contribution in [-0.2, 0) is 0 Å². The van der Waals surface area contributed by atoms with Crippen LogP contribution in [-0.4, -0.2) is 4.92 Å². The maximum absolute atomic E-state index is 13.4. The molecule has 0 fully saturated rings. The number of nitro groups is 1. The van der Waals surface area contributed by atoms with E-state index < -0.39 is 16.6 Å². The Morgan fingerprint density at radius 3 is 2.62 bits per heavy atom. The quantitative estimate of drug-likeness (QED) is 0.631. The molecule has 1 N–H and O–H groups in total. The molecule has 2 aromatic carbocycles. The molecule has 0 radical (unpaired) electrons. The van der Waals surface area contributed by atoms with Gasteiger partial charge in [-0.2, -0.15) is 0 Å². The molecular weight excluding hydrogens is 346 g/mol. The molecule has 0 spiro atoms. The number of rotatable bonds is 4. The minimum Gasteiger partial charge on any atom is -0.373 e. The van der Waals surface area contributed by atoms with Crippen molar-refractivity contribution in [2.45, 2.75) is 13.0 Å². The standard InChI is InChI=1S/C14H11BrF2N2O2/c1-8(9-3-2-4-10(16)5-9)18-13-6-11(15)12(17)7-14(13)19(20)21/h2-8,18H,1H3. The monoisotopic (exact) mass is 356 g/mol. The molecule has 4 nitrogen and oxygen atoms in total. The number of anilines is 1. The average Bonchev–Trinajstić information content (AvgIpc) is 2.42. The average molecular weight is 357 g/mol. The molecule has 0 heterocycles. The predicted molar refractivity (Wildman–Crippen MR) is 79.2 cm³/mol. The van der Waals surface area contributed by atoms with Crippen molar-refractivity contribution < 1.29 is 13.7 Å². The zero-order valence-corrected chi connectivity index (χ0v) is 12.5. The zero-order chi connectivity index (χ0) is 15.6. The molecule has 0 amide bonds. The number of nitrogens with one attached hydrogen (secondary N) is 1. The SMILES string of the molecule is CC(Nc1cc(Br)c(F)cc1[N+](=O)[O-])c1cccc(F)c1. The van der Waals surface area contributed by atoms with E-state index in [2.05, 4.69) is 21.2 Å². The molecule has 0 saturated carbocycles. The first-order chi connectivity index (χ1) is 9.88. The predicted octanol–water partition coefficient (Wildman–Crippen LogP) is 4.81. The normalized spacial score (nSPS) is 12.0. The first-order valence-corrected chi connectivity index (χ1v) is 6.83. The molecule has 0 saturated heterocycles. The van der Waals surface area contributed by atoms with Crippen molar-refractivity contribution in [1.29, 1.82) is 0 Å². The molecule has 0 aliphatic rings. The Labute approximate surface area is 128 Å². The molecule has 0 aliphatic heterocycles. The fourth-order valence-electron chi connectivity index (χ4n) is 1.90. The van der Waals surface area contributed by atoms with Gasteiger partial charge in [0.25, 0.3) is 5.69 Å². The summed E-state index contributed by atoms with van der Waals surface area (Å²) < 4.78 is 26.7. The van der Waals surface area contributed by atoms with Crippen molar-refractivity contribution in [3.8, 4) is 0 Å². The summed E-state index contributed by atoms with van der Waals surface area (Å²) in [4.78, 5) is 10.3. The summed E-state index contributed by atoms with van der Waals surface area (Å²) in [5, 5.41) is 13.9.